The average molecular weight is 344 g/mol. The summed E-state index contributed by atoms with van der Waals surface area (Å²) in [5.41, 5.74) is 3.03. The van der Waals surface area contributed by atoms with Crippen molar-refractivity contribution in [2.45, 2.75) is 25.7 Å². The van der Waals surface area contributed by atoms with Gasteiger partial charge in [-0.25, -0.2) is 0 Å². The smallest absolute Gasteiger partial charge is 0.176 e. The van der Waals surface area contributed by atoms with E-state index in [2.05, 4.69) is 30.9 Å². The van der Waals surface area contributed by atoms with E-state index in [1.165, 1.54) is 23.6 Å². The number of fused-ring (bicyclic) bond motifs is 1. The Bertz CT molecular complexity index is 798. The molecule has 0 bridgehead atoms. The molecule has 1 aromatic heterocycles. The van der Waals surface area contributed by atoms with Crippen LogP contribution in [0.1, 0.15) is 24.3 Å². The third-order valence-electron chi connectivity index (χ3n) is 4.66. The van der Waals surface area contributed by atoms with Gasteiger partial charge in [0.05, 0.1) is 7.11 Å². The van der Waals surface area contributed by atoms with Gasteiger partial charge in [0.1, 0.15) is 5.75 Å². The summed E-state index contributed by atoms with van der Waals surface area (Å²) in [6, 6.07) is 9.45. The van der Waals surface area contributed by atoms with Gasteiger partial charge < -0.3 is 15.0 Å². The Balaban J connectivity index is 2.17. The monoisotopic (exact) mass is 344 g/mol. The first-order valence-electron chi connectivity index (χ1n) is 7.95. The number of thiophene rings is 1. The van der Waals surface area contributed by atoms with Crippen molar-refractivity contribution in [2.24, 2.45) is 0 Å². The molecular formula is C19H21FN2OS. The van der Waals surface area contributed by atoms with Crippen molar-refractivity contribution in [1.82, 2.24) is 0 Å². The van der Waals surface area contributed by atoms with Crippen LogP contribution in [-0.2, 0) is 11.8 Å². The Morgan fingerprint density at radius 1 is 1.33 bits per heavy atom. The van der Waals surface area contributed by atoms with Gasteiger partial charge in [-0.1, -0.05) is 0 Å². The number of rotatable bonds is 5. The standard InChI is InChI=1S/C19H21FN2OS/c1-4-22-16-7-5-13(23-3)11-15(16)19(2,17(22)9-10-21)12-14-6-8-18(20)24-14/h5-11,21H,4,12H2,1-3H3/b17-9-,21-10?. The molecule has 24 heavy (non-hydrogen) atoms. The molecule has 0 radical (unpaired) electrons. The van der Waals surface area contributed by atoms with Crippen molar-refractivity contribution in [3.8, 4) is 5.75 Å². The summed E-state index contributed by atoms with van der Waals surface area (Å²) in [4.78, 5) is 3.22. The van der Waals surface area contributed by atoms with Gasteiger partial charge >= 0.3 is 0 Å². The zero-order valence-electron chi connectivity index (χ0n) is 14.1. The number of likely N-dealkylation sites (N-methyl/N-ethyl adjacent to an activating group) is 1. The van der Waals surface area contributed by atoms with E-state index in [1.54, 1.807) is 7.11 Å². The van der Waals surface area contributed by atoms with Crippen molar-refractivity contribution in [3.63, 3.8) is 0 Å². The van der Waals surface area contributed by atoms with Crippen LogP contribution in [-0.4, -0.2) is 19.9 Å². The van der Waals surface area contributed by atoms with E-state index >= 15 is 0 Å². The minimum Gasteiger partial charge on any atom is -0.497 e. The van der Waals surface area contributed by atoms with E-state index in [4.69, 9.17) is 10.1 Å². The summed E-state index contributed by atoms with van der Waals surface area (Å²) < 4.78 is 18.9. The van der Waals surface area contributed by atoms with Crippen LogP contribution < -0.4 is 9.64 Å². The van der Waals surface area contributed by atoms with Crippen molar-refractivity contribution in [3.05, 3.63) is 57.7 Å². The molecule has 5 heteroatoms. The summed E-state index contributed by atoms with van der Waals surface area (Å²) in [5, 5.41) is 7.40. The molecule has 0 saturated carbocycles. The predicted octanol–water partition coefficient (Wildman–Crippen LogP) is 4.77. The lowest BCUT2D eigenvalue weighted by Gasteiger charge is -2.29. The number of allylic oxidation sites excluding steroid dienone is 2. The summed E-state index contributed by atoms with van der Waals surface area (Å²) >= 11 is 1.19. The fraction of sp³-hybridized carbons (Fsp3) is 0.316. The zero-order chi connectivity index (χ0) is 17.3. The highest BCUT2D eigenvalue weighted by Crippen LogP contribution is 2.50. The van der Waals surface area contributed by atoms with Crippen LogP contribution in [0.4, 0.5) is 10.1 Å². The van der Waals surface area contributed by atoms with Crippen LogP contribution in [0.25, 0.3) is 0 Å². The first kappa shape index (κ1) is 16.7. The second-order valence-electron chi connectivity index (χ2n) is 6.06. The largest absolute Gasteiger partial charge is 0.497 e. The van der Waals surface area contributed by atoms with Crippen molar-refractivity contribution < 1.29 is 9.13 Å². The molecule has 0 aliphatic carbocycles. The number of benzene rings is 1. The maximum absolute atomic E-state index is 13.5. The summed E-state index contributed by atoms with van der Waals surface area (Å²) in [5.74, 6) is 0.810. The number of nitrogens with one attached hydrogen (secondary N) is 1. The Morgan fingerprint density at radius 2 is 2.12 bits per heavy atom. The second-order valence-corrected chi connectivity index (χ2v) is 7.18. The molecule has 1 aliphatic rings. The quantitative estimate of drug-likeness (QED) is 0.793. The lowest BCUT2D eigenvalue weighted by atomic mass is 9.78. The van der Waals surface area contributed by atoms with Crippen LogP contribution >= 0.6 is 11.3 Å². The number of hydrogen-bond acceptors (Lipinski definition) is 4. The normalized spacial score (nSPS) is 21.2. The molecule has 2 aromatic rings. The average Bonchev–Trinajstić information content (AvgIpc) is 3.08. The van der Waals surface area contributed by atoms with Gasteiger partial charge in [0.25, 0.3) is 0 Å². The van der Waals surface area contributed by atoms with Crippen LogP contribution in [0, 0.1) is 10.5 Å². The third-order valence-corrected chi connectivity index (χ3v) is 5.53. The molecule has 1 unspecified atom stereocenters. The van der Waals surface area contributed by atoms with Crippen LogP contribution in [0.3, 0.4) is 0 Å². The predicted molar refractivity (Wildman–Crippen MR) is 98.2 cm³/mol. The number of halogens is 1. The summed E-state index contributed by atoms with van der Waals surface area (Å²) in [6.45, 7) is 5.07. The highest BCUT2D eigenvalue weighted by molar-refractivity contribution is 7.10. The van der Waals surface area contributed by atoms with E-state index in [1.807, 2.05) is 18.2 Å². The maximum atomic E-state index is 13.5. The van der Waals surface area contributed by atoms with Gasteiger partial charge in [-0.3, -0.25) is 0 Å². The SMILES string of the molecule is CCN1/C(=C\C=N)C(C)(Cc2ccc(F)s2)c2cc(OC)ccc21. The van der Waals surface area contributed by atoms with Crippen molar-refractivity contribution in [2.75, 3.05) is 18.6 Å². The van der Waals surface area contributed by atoms with Gasteiger partial charge in [-0.2, -0.15) is 4.39 Å². The molecule has 3 rings (SSSR count). The molecule has 3 nitrogen and oxygen atoms in total. The molecule has 0 amide bonds. The lowest BCUT2D eigenvalue weighted by molar-refractivity contribution is 0.413. The Hall–Kier alpha value is -2.14. The van der Waals surface area contributed by atoms with Crippen molar-refractivity contribution >= 4 is 23.2 Å². The first-order chi connectivity index (χ1) is 11.5. The van der Waals surface area contributed by atoms with Crippen LogP contribution in [0.5, 0.6) is 5.75 Å². The summed E-state index contributed by atoms with van der Waals surface area (Å²) in [7, 11) is 1.66. The van der Waals surface area contributed by atoms with Crippen LogP contribution in [0.2, 0.25) is 0 Å². The van der Waals surface area contributed by atoms with Gasteiger partial charge in [-0.15, -0.1) is 11.3 Å². The lowest BCUT2D eigenvalue weighted by Crippen LogP contribution is -2.30. The Kier molecular flexibility index (Phi) is 4.45. The minimum atomic E-state index is -0.325. The molecule has 2 heterocycles. The number of methoxy groups -OCH3 is 1. The first-order valence-corrected chi connectivity index (χ1v) is 8.76. The fourth-order valence-electron chi connectivity index (χ4n) is 3.56. The van der Waals surface area contributed by atoms with Gasteiger partial charge in [0.15, 0.2) is 5.13 Å². The van der Waals surface area contributed by atoms with Gasteiger partial charge in [-0.05, 0) is 62.2 Å². The topological polar surface area (TPSA) is 36.3 Å². The molecule has 1 atom stereocenters. The highest BCUT2D eigenvalue weighted by atomic mass is 32.1. The maximum Gasteiger partial charge on any atom is 0.176 e. The van der Waals surface area contributed by atoms with Gasteiger partial charge in [0, 0.05) is 34.4 Å². The van der Waals surface area contributed by atoms with E-state index in [-0.39, 0.29) is 10.5 Å². The Labute approximate surface area is 145 Å². The van der Waals surface area contributed by atoms with Crippen LogP contribution in [0.15, 0.2) is 42.1 Å². The van der Waals surface area contributed by atoms with E-state index in [0.717, 1.165) is 34.1 Å². The molecule has 126 valence electrons. The van der Waals surface area contributed by atoms with Gasteiger partial charge in [0.2, 0.25) is 0 Å². The molecule has 1 aromatic carbocycles. The number of hydrogen-bond donors (Lipinski definition) is 1. The molecule has 1 aliphatic heterocycles. The van der Waals surface area contributed by atoms with E-state index < -0.39 is 0 Å². The molecule has 0 fully saturated rings. The van der Waals surface area contributed by atoms with E-state index in [9.17, 15) is 4.39 Å². The van der Waals surface area contributed by atoms with E-state index in [0.29, 0.717) is 6.42 Å². The highest BCUT2D eigenvalue weighted by Gasteiger charge is 2.43. The minimum absolute atomic E-state index is 0.164. The molecule has 0 saturated heterocycles. The Morgan fingerprint density at radius 3 is 2.71 bits per heavy atom. The zero-order valence-corrected chi connectivity index (χ0v) is 14.9. The molecular weight excluding hydrogens is 323 g/mol. The second kappa shape index (κ2) is 6.40. The number of nitrogens with zero attached hydrogens (tertiary/aromatic N) is 1. The third kappa shape index (κ3) is 2.63. The number of anilines is 1. The molecule has 1 N–H and O–H groups in total. The summed E-state index contributed by atoms with van der Waals surface area (Å²) in [6.07, 6.45) is 3.87. The number of ether oxygens (including phenoxy) is 1. The fourth-order valence-corrected chi connectivity index (χ4v) is 4.44. The molecule has 0 spiro atoms. The van der Waals surface area contributed by atoms with Crippen molar-refractivity contribution in [1.29, 1.82) is 5.41 Å².